The minimum atomic E-state index is -3.69. The minimum absolute atomic E-state index is 0.00766. The van der Waals surface area contributed by atoms with Crippen LogP contribution in [0.15, 0.2) is 88.7 Å². The summed E-state index contributed by atoms with van der Waals surface area (Å²) in [5.41, 5.74) is 7.10. The van der Waals surface area contributed by atoms with E-state index in [1.54, 1.807) is 36.4 Å². The summed E-state index contributed by atoms with van der Waals surface area (Å²) in [5, 5.41) is 2.51. The van der Waals surface area contributed by atoms with Gasteiger partial charge in [-0.2, -0.15) is 0 Å². The van der Waals surface area contributed by atoms with E-state index in [2.05, 4.69) is 10.0 Å². The SMILES string of the molecule is CC(=O)Nc1ccc(S(=O)(=O)Cl)cc1.Nc1ccc(S(=O)(=O)Nc2ccccc2)cc1. The maximum absolute atomic E-state index is 12.0. The Kier molecular flexibility index (Phi) is 8.03. The number of amides is 1. The molecule has 3 aromatic rings. The summed E-state index contributed by atoms with van der Waals surface area (Å²) in [4.78, 5) is 10.8. The normalized spacial score (nSPS) is 11.0. The molecule has 0 fully saturated rings. The molecule has 4 N–H and O–H groups in total. The highest BCUT2D eigenvalue weighted by Gasteiger charge is 2.13. The fourth-order valence-corrected chi connectivity index (χ4v) is 4.10. The van der Waals surface area contributed by atoms with Gasteiger partial charge in [-0.25, -0.2) is 16.8 Å². The Morgan fingerprint density at radius 2 is 1.29 bits per heavy atom. The number of rotatable bonds is 5. The average molecular weight is 482 g/mol. The lowest BCUT2D eigenvalue weighted by atomic mass is 10.3. The van der Waals surface area contributed by atoms with Crippen molar-refractivity contribution in [2.45, 2.75) is 16.7 Å². The molecule has 11 heteroatoms. The Hall–Kier alpha value is -3.08. The van der Waals surface area contributed by atoms with Crippen molar-refractivity contribution in [1.29, 1.82) is 0 Å². The number of hydrogen-bond donors (Lipinski definition) is 3. The number of benzene rings is 3. The van der Waals surface area contributed by atoms with Gasteiger partial charge in [0.25, 0.3) is 19.1 Å². The van der Waals surface area contributed by atoms with E-state index in [4.69, 9.17) is 16.4 Å². The molecule has 0 bridgehead atoms. The van der Waals surface area contributed by atoms with Crippen molar-refractivity contribution in [3.05, 3.63) is 78.9 Å². The van der Waals surface area contributed by atoms with Crippen LogP contribution in [0.2, 0.25) is 0 Å². The van der Waals surface area contributed by atoms with Crippen molar-refractivity contribution in [2.75, 3.05) is 15.8 Å². The number of nitrogens with one attached hydrogen (secondary N) is 2. The number of anilines is 3. The third-order valence-corrected chi connectivity index (χ3v) is 6.44. The van der Waals surface area contributed by atoms with Crippen molar-refractivity contribution < 1.29 is 21.6 Å². The molecule has 0 saturated carbocycles. The highest BCUT2D eigenvalue weighted by Crippen LogP contribution is 2.18. The van der Waals surface area contributed by atoms with Gasteiger partial charge in [0.1, 0.15) is 0 Å². The van der Waals surface area contributed by atoms with Gasteiger partial charge in [-0.1, -0.05) is 18.2 Å². The average Bonchev–Trinajstić information content (AvgIpc) is 2.68. The van der Waals surface area contributed by atoms with Gasteiger partial charge in [-0.3, -0.25) is 9.52 Å². The number of para-hydroxylation sites is 1. The van der Waals surface area contributed by atoms with E-state index in [0.29, 0.717) is 17.1 Å². The van der Waals surface area contributed by atoms with Gasteiger partial charge < -0.3 is 11.1 Å². The molecule has 0 unspecified atom stereocenters. The van der Waals surface area contributed by atoms with Gasteiger partial charge >= 0.3 is 0 Å². The second-order valence-corrected chi connectivity index (χ2v) is 10.4. The molecule has 0 aromatic heterocycles. The first-order valence-electron chi connectivity index (χ1n) is 8.73. The van der Waals surface area contributed by atoms with Crippen LogP contribution >= 0.6 is 10.7 Å². The van der Waals surface area contributed by atoms with Gasteiger partial charge in [0, 0.05) is 34.7 Å². The van der Waals surface area contributed by atoms with E-state index in [-0.39, 0.29) is 15.7 Å². The van der Waals surface area contributed by atoms with Crippen molar-refractivity contribution in [3.63, 3.8) is 0 Å². The van der Waals surface area contributed by atoms with E-state index in [0.717, 1.165) is 0 Å². The zero-order valence-electron chi connectivity index (χ0n) is 16.3. The molecule has 0 atom stereocenters. The standard InChI is InChI=1S/C12H12N2O2S.C8H8ClNO3S/c13-10-6-8-12(9-7-10)17(15,16)14-11-4-2-1-3-5-11;1-6(11)10-7-2-4-8(5-3-7)14(9,12)13/h1-9,14H,13H2;2-5H,1H3,(H,10,11). The summed E-state index contributed by atoms with van der Waals surface area (Å²) in [7, 11) is -2.12. The minimum Gasteiger partial charge on any atom is -0.399 e. The maximum Gasteiger partial charge on any atom is 0.261 e. The number of nitrogen functional groups attached to an aromatic ring is 1. The number of hydrogen-bond acceptors (Lipinski definition) is 6. The van der Waals surface area contributed by atoms with Gasteiger partial charge in [0.15, 0.2) is 0 Å². The molecule has 8 nitrogen and oxygen atoms in total. The smallest absolute Gasteiger partial charge is 0.261 e. The molecular formula is C20H20ClN3O5S2. The second kappa shape index (κ2) is 10.3. The number of nitrogens with two attached hydrogens (primary N) is 1. The summed E-state index contributed by atoms with van der Waals surface area (Å²) in [5.74, 6) is -0.216. The Labute approximate surface area is 185 Å². The van der Waals surface area contributed by atoms with Gasteiger partial charge in [0.05, 0.1) is 9.79 Å². The van der Waals surface area contributed by atoms with Crippen LogP contribution in [0.4, 0.5) is 17.1 Å². The molecule has 0 heterocycles. The fourth-order valence-electron chi connectivity index (χ4n) is 2.27. The number of halogens is 1. The van der Waals surface area contributed by atoms with Crippen LogP contribution in [0.25, 0.3) is 0 Å². The first-order valence-corrected chi connectivity index (χ1v) is 12.5. The zero-order chi connectivity index (χ0) is 23.1. The molecule has 1 amide bonds. The summed E-state index contributed by atoms with van der Waals surface area (Å²) in [6.07, 6.45) is 0. The summed E-state index contributed by atoms with van der Waals surface area (Å²) in [6.45, 7) is 1.37. The Morgan fingerprint density at radius 3 is 1.77 bits per heavy atom. The van der Waals surface area contributed by atoms with Crippen LogP contribution in [-0.2, 0) is 23.9 Å². The molecule has 3 aromatic carbocycles. The molecule has 0 aliphatic carbocycles. The van der Waals surface area contributed by atoms with E-state index in [1.165, 1.54) is 43.3 Å². The summed E-state index contributed by atoms with van der Waals surface area (Å²) in [6, 6.07) is 20.4. The molecule has 0 saturated heterocycles. The second-order valence-electron chi connectivity index (χ2n) is 6.18. The number of sulfonamides is 1. The fraction of sp³-hybridized carbons (Fsp3) is 0.0500. The van der Waals surface area contributed by atoms with E-state index < -0.39 is 19.1 Å². The molecule has 3 rings (SSSR count). The van der Waals surface area contributed by atoms with Gasteiger partial charge in [-0.05, 0) is 60.7 Å². The Balaban J connectivity index is 0.000000225. The summed E-state index contributed by atoms with van der Waals surface area (Å²) < 4.78 is 48.1. The molecular weight excluding hydrogens is 462 g/mol. The van der Waals surface area contributed by atoms with Crippen LogP contribution in [0.3, 0.4) is 0 Å². The third-order valence-electron chi connectivity index (χ3n) is 3.67. The van der Waals surface area contributed by atoms with Crippen molar-refractivity contribution in [1.82, 2.24) is 0 Å². The number of carbonyl (C=O) groups is 1. The Bertz CT molecular complexity index is 1230. The zero-order valence-corrected chi connectivity index (χ0v) is 18.7. The lowest BCUT2D eigenvalue weighted by molar-refractivity contribution is -0.114. The molecule has 31 heavy (non-hydrogen) atoms. The van der Waals surface area contributed by atoms with Crippen molar-refractivity contribution in [3.8, 4) is 0 Å². The molecule has 164 valence electrons. The summed E-state index contributed by atoms with van der Waals surface area (Å²) >= 11 is 0. The predicted octanol–water partition coefficient (Wildman–Crippen LogP) is 3.64. The van der Waals surface area contributed by atoms with E-state index in [9.17, 15) is 21.6 Å². The quantitative estimate of drug-likeness (QED) is 0.376. The van der Waals surface area contributed by atoms with Gasteiger partial charge in [0.2, 0.25) is 5.91 Å². The van der Waals surface area contributed by atoms with E-state index in [1.807, 2.05) is 6.07 Å². The third kappa shape index (κ3) is 7.93. The lowest BCUT2D eigenvalue weighted by Crippen LogP contribution is -2.12. The van der Waals surface area contributed by atoms with Crippen molar-refractivity contribution >= 4 is 52.7 Å². The predicted molar refractivity (Wildman–Crippen MR) is 122 cm³/mol. The lowest BCUT2D eigenvalue weighted by Gasteiger charge is -2.07. The topological polar surface area (TPSA) is 135 Å². The van der Waals surface area contributed by atoms with Crippen LogP contribution in [0, 0.1) is 0 Å². The first kappa shape index (κ1) is 24.2. The van der Waals surface area contributed by atoms with Crippen molar-refractivity contribution in [2.24, 2.45) is 0 Å². The van der Waals surface area contributed by atoms with Gasteiger partial charge in [-0.15, -0.1) is 0 Å². The van der Waals surface area contributed by atoms with E-state index >= 15 is 0 Å². The Morgan fingerprint density at radius 1 is 0.774 bits per heavy atom. The molecule has 0 aliphatic rings. The monoisotopic (exact) mass is 481 g/mol. The highest BCUT2D eigenvalue weighted by molar-refractivity contribution is 8.13. The van der Waals surface area contributed by atoms with Crippen LogP contribution in [0.1, 0.15) is 6.92 Å². The number of carbonyl (C=O) groups excluding carboxylic acids is 1. The maximum atomic E-state index is 12.0. The highest BCUT2D eigenvalue weighted by atomic mass is 35.7. The molecule has 0 spiro atoms. The van der Waals surface area contributed by atoms with Crippen LogP contribution < -0.4 is 15.8 Å². The molecule has 0 aliphatic heterocycles. The van der Waals surface area contributed by atoms with Crippen LogP contribution in [-0.4, -0.2) is 22.7 Å². The van der Waals surface area contributed by atoms with Crippen LogP contribution in [0.5, 0.6) is 0 Å². The first-order chi connectivity index (χ1) is 14.5. The largest absolute Gasteiger partial charge is 0.399 e. The molecule has 0 radical (unpaired) electrons.